The number of rotatable bonds is 5. The molecule has 0 bridgehead atoms. The second kappa shape index (κ2) is 7.78. The molecule has 0 aromatic heterocycles. The number of ether oxygens (including phenoxy) is 1. The Hall–Kier alpha value is -2.90. The van der Waals surface area contributed by atoms with Gasteiger partial charge in [0.1, 0.15) is 28.8 Å². The minimum atomic E-state index is -1.34. The molecule has 0 radical (unpaired) electrons. The van der Waals surface area contributed by atoms with Gasteiger partial charge in [-0.1, -0.05) is 12.1 Å². The first-order valence-corrected chi connectivity index (χ1v) is 7.15. The van der Waals surface area contributed by atoms with E-state index in [4.69, 9.17) is 0 Å². The summed E-state index contributed by atoms with van der Waals surface area (Å²) in [6, 6.07) is 4.85. The fourth-order valence-corrected chi connectivity index (χ4v) is 2.11. The molecule has 0 aliphatic rings. The molecule has 0 fully saturated rings. The van der Waals surface area contributed by atoms with Gasteiger partial charge >= 0.3 is 5.97 Å². The van der Waals surface area contributed by atoms with E-state index in [1.807, 2.05) is 0 Å². The molecule has 0 saturated heterocycles. The number of carbonyl (C=O) groups excluding carboxylic acids is 2. The molecular weight excluding hydrogens is 342 g/mol. The van der Waals surface area contributed by atoms with Gasteiger partial charge < -0.3 is 10.1 Å². The molecule has 2 aromatic rings. The van der Waals surface area contributed by atoms with Gasteiger partial charge in [-0.3, -0.25) is 4.79 Å². The number of hydrogen-bond acceptors (Lipinski definition) is 3. The lowest BCUT2D eigenvalue weighted by Gasteiger charge is -2.15. The lowest BCUT2D eigenvalue weighted by Crippen LogP contribution is -2.31. The first kappa shape index (κ1) is 18.4. The van der Waals surface area contributed by atoms with Gasteiger partial charge in [0.15, 0.2) is 6.61 Å². The normalized spacial score (nSPS) is 11.7. The van der Waals surface area contributed by atoms with E-state index in [-0.39, 0.29) is 5.56 Å². The van der Waals surface area contributed by atoms with Crippen LogP contribution in [0.2, 0.25) is 0 Å². The molecule has 4 nitrogen and oxygen atoms in total. The van der Waals surface area contributed by atoms with Crippen LogP contribution in [0, 0.1) is 23.3 Å². The lowest BCUT2D eigenvalue weighted by atomic mass is 10.1. The number of hydrogen-bond donors (Lipinski definition) is 1. The van der Waals surface area contributed by atoms with Crippen molar-refractivity contribution in [1.29, 1.82) is 0 Å². The molecular formula is C17H13F4NO3. The van der Waals surface area contributed by atoms with E-state index in [1.54, 1.807) is 0 Å². The van der Waals surface area contributed by atoms with Crippen molar-refractivity contribution in [2.24, 2.45) is 0 Å². The highest BCUT2D eigenvalue weighted by molar-refractivity contribution is 5.91. The molecule has 132 valence electrons. The number of amides is 1. The van der Waals surface area contributed by atoms with Gasteiger partial charge in [0, 0.05) is 11.6 Å². The van der Waals surface area contributed by atoms with Crippen molar-refractivity contribution >= 4 is 11.9 Å². The van der Waals surface area contributed by atoms with Crippen molar-refractivity contribution in [3.05, 3.63) is 70.8 Å². The number of benzene rings is 2. The Labute approximate surface area is 140 Å². The van der Waals surface area contributed by atoms with Gasteiger partial charge in [-0.2, -0.15) is 0 Å². The minimum absolute atomic E-state index is 0.0289. The van der Waals surface area contributed by atoms with Crippen molar-refractivity contribution in [1.82, 2.24) is 5.32 Å². The summed E-state index contributed by atoms with van der Waals surface area (Å²) in [6.45, 7) is 0.617. The first-order chi connectivity index (χ1) is 11.8. The maximum Gasteiger partial charge on any atom is 0.344 e. The van der Waals surface area contributed by atoms with Crippen LogP contribution in [0.5, 0.6) is 0 Å². The molecule has 0 heterocycles. The molecule has 1 amide bonds. The number of carbonyl (C=O) groups is 2. The zero-order chi connectivity index (χ0) is 18.6. The number of halogens is 4. The van der Waals surface area contributed by atoms with E-state index >= 15 is 0 Å². The highest BCUT2D eigenvalue weighted by Gasteiger charge is 2.20. The van der Waals surface area contributed by atoms with Crippen molar-refractivity contribution in [3.63, 3.8) is 0 Å². The first-order valence-electron chi connectivity index (χ1n) is 7.15. The molecule has 0 unspecified atom stereocenters. The van der Waals surface area contributed by atoms with Crippen molar-refractivity contribution < 1.29 is 31.9 Å². The van der Waals surface area contributed by atoms with Crippen LogP contribution in [-0.4, -0.2) is 18.5 Å². The van der Waals surface area contributed by atoms with Crippen LogP contribution in [-0.2, 0) is 9.53 Å². The van der Waals surface area contributed by atoms with Crippen LogP contribution >= 0.6 is 0 Å². The Bertz CT molecular complexity index is 790. The minimum Gasteiger partial charge on any atom is -0.452 e. The summed E-state index contributed by atoms with van der Waals surface area (Å²) >= 11 is 0. The monoisotopic (exact) mass is 355 g/mol. The van der Waals surface area contributed by atoms with Gasteiger partial charge in [0.25, 0.3) is 5.91 Å². The van der Waals surface area contributed by atoms with Gasteiger partial charge in [0.2, 0.25) is 0 Å². The van der Waals surface area contributed by atoms with E-state index in [0.717, 1.165) is 30.3 Å². The zero-order valence-corrected chi connectivity index (χ0v) is 13.0. The van der Waals surface area contributed by atoms with Crippen molar-refractivity contribution in [3.8, 4) is 0 Å². The summed E-state index contributed by atoms with van der Waals surface area (Å²) in [6.07, 6.45) is 0. The smallest absolute Gasteiger partial charge is 0.344 e. The second-order valence-electron chi connectivity index (χ2n) is 5.13. The quantitative estimate of drug-likeness (QED) is 0.662. The summed E-state index contributed by atoms with van der Waals surface area (Å²) in [7, 11) is 0. The Morgan fingerprint density at radius 3 is 2.28 bits per heavy atom. The summed E-state index contributed by atoms with van der Waals surface area (Å²) in [4.78, 5) is 23.4. The average molecular weight is 355 g/mol. The van der Waals surface area contributed by atoms with Crippen LogP contribution in [0.1, 0.15) is 28.9 Å². The van der Waals surface area contributed by atoms with Crippen LogP contribution in [0.25, 0.3) is 0 Å². The number of esters is 1. The van der Waals surface area contributed by atoms with Crippen LogP contribution in [0.3, 0.4) is 0 Å². The Kier molecular flexibility index (Phi) is 5.74. The topological polar surface area (TPSA) is 55.4 Å². The molecule has 0 aliphatic heterocycles. The third-order valence-corrected chi connectivity index (χ3v) is 3.31. The van der Waals surface area contributed by atoms with E-state index in [0.29, 0.717) is 6.07 Å². The molecule has 25 heavy (non-hydrogen) atoms. The predicted molar refractivity (Wildman–Crippen MR) is 79.6 cm³/mol. The third-order valence-electron chi connectivity index (χ3n) is 3.31. The van der Waals surface area contributed by atoms with Crippen LogP contribution in [0.15, 0.2) is 36.4 Å². The number of nitrogens with one attached hydrogen (secondary N) is 1. The summed E-state index contributed by atoms with van der Waals surface area (Å²) in [5.41, 5.74) is -0.880. The molecule has 1 N–H and O–H groups in total. The molecule has 0 aliphatic carbocycles. The van der Waals surface area contributed by atoms with Gasteiger partial charge in [-0.25, -0.2) is 22.4 Å². The van der Waals surface area contributed by atoms with E-state index in [9.17, 15) is 27.2 Å². The highest BCUT2D eigenvalue weighted by atomic mass is 19.1. The molecule has 2 aromatic carbocycles. The van der Waals surface area contributed by atoms with E-state index in [1.165, 1.54) is 6.92 Å². The Morgan fingerprint density at radius 2 is 1.68 bits per heavy atom. The van der Waals surface area contributed by atoms with Crippen LogP contribution in [0.4, 0.5) is 17.6 Å². The average Bonchev–Trinajstić information content (AvgIpc) is 2.52. The van der Waals surface area contributed by atoms with Gasteiger partial charge in [-0.05, 0) is 25.1 Å². The lowest BCUT2D eigenvalue weighted by molar-refractivity contribution is -0.124. The third kappa shape index (κ3) is 4.56. The molecule has 2 rings (SSSR count). The van der Waals surface area contributed by atoms with E-state index < -0.39 is 53.4 Å². The molecule has 1 atom stereocenters. The predicted octanol–water partition coefficient (Wildman–Crippen LogP) is 3.28. The molecule has 8 heteroatoms. The zero-order valence-electron chi connectivity index (χ0n) is 13.0. The molecule has 0 spiro atoms. The van der Waals surface area contributed by atoms with Gasteiger partial charge in [0.05, 0.1) is 6.04 Å². The maximum absolute atomic E-state index is 13.6. The second-order valence-corrected chi connectivity index (χ2v) is 5.13. The van der Waals surface area contributed by atoms with Crippen LogP contribution < -0.4 is 5.32 Å². The van der Waals surface area contributed by atoms with Gasteiger partial charge in [-0.15, -0.1) is 0 Å². The SMILES string of the molecule is C[C@H](NC(=O)COC(=O)c1c(F)cccc1F)c1ccc(F)cc1F. The Morgan fingerprint density at radius 1 is 1.04 bits per heavy atom. The summed E-state index contributed by atoms with van der Waals surface area (Å²) in [5.74, 6) is -6.01. The highest BCUT2D eigenvalue weighted by Crippen LogP contribution is 2.18. The fraction of sp³-hybridized carbons (Fsp3) is 0.176. The summed E-state index contributed by atoms with van der Waals surface area (Å²) < 4.78 is 57.9. The largest absolute Gasteiger partial charge is 0.452 e. The summed E-state index contributed by atoms with van der Waals surface area (Å²) in [5, 5.41) is 2.33. The maximum atomic E-state index is 13.6. The molecule has 0 saturated carbocycles. The Balaban J connectivity index is 1.95. The van der Waals surface area contributed by atoms with Crippen molar-refractivity contribution in [2.45, 2.75) is 13.0 Å². The standard InChI is InChI=1S/C17H13F4NO3/c1-9(11-6-5-10(18)7-14(11)21)22-15(23)8-25-17(24)16-12(19)3-2-4-13(16)20/h2-7,9H,8H2,1H3,(H,22,23)/t9-/m0/s1. The van der Waals surface area contributed by atoms with E-state index in [2.05, 4.69) is 10.1 Å². The van der Waals surface area contributed by atoms with Crippen molar-refractivity contribution in [2.75, 3.05) is 6.61 Å². The fourth-order valence-electron chi connectivity index (χ4n) is 2.11.